The molecule has 1 aromatic carbocycles. The summed E-state index contributed by atoms with van der Waals surface area (Å²) in [6.07, 6.45) is 12.7. The van der Waals surface area contributed by atoms with Crippen LogP contribution in [0, 0.1) is 0 Å². The SMILES string of the molecule is O=S(=O)(c1ccc2c(c1)CCCC2)N1CCN(C2C=CCCC2)CC1. The summed E-state index contributed by atoms with van der Waals surface area (Å²) in [4.78, 5) is 2.92. The van der Waals surface area contributed by atoms with Crippen LogP contribution in [-0.2, 0) is 22.9 Å². The molecule has 1 aromatic rings. The fraction of sp³-hybridized carbons (Fsp3) is 0.600. The standard InChI is InChI=1S/C20H28N2O2S/c23-25(24,20-11-10-17-6-4-5-7-18(17)16-20)22-14-12-21(13-15-22)19-8-2-1-3-9-19/h2,8,10-11,16,19H,1,3-7,9,12-15H2. The predicted octanol–water partition coefficient (Wildman–Crippen LogP) is 2.98. The zero-order valence-electron chi connectivity index (χ0n) is 14.9. The molecule has 0 N–H and O–H groups in total. The van der Waals surface area contributed by atoms with Gasteiger partial charge in [0.2, 0.25) is 10.0 Å². The van der Waals surface area contributed by atoms with E-state index in [4.69, 9.17) is 0 Å². The minimum absolute atomic E-state index is 0.485. The van der Waals surface area contributed by atoms with E-state index in [9.17, 15) is 8.42 Å². The molecule has 0 amide bonds. The van der Waals surface area contributed by atoms with Crippen molar-refractivity contribution in [3.63, 3.8) is 0 Å². The molecule has 1 unspecified atom stereocenters. The van der Waals surface area contributed by atoms with Crippen LogP contribution < -0.4 is 0 Å². The molecular formula is C20H28N2O2S. The molecule has 0 bridgehead atoms. The number of nitrogens with zero attached hydrogens (tertiary/aromatic N) is 2. The fourth-order valence-corrected chi connectivity index (χ4v) is 5.87. The molecule has 1 saturated heterocycles. The molecule has 5 heteroatoms. The molecule has 1 heterocycles. The van der Waals surface area contributed by atoms with Crippen LogP contribution in [0.5, 0.6) is 0 Å². The summed E-state index contributed by atoms with van der Waals surface area (Å²) in [5, 5.41) is 0. The Kier molecular flexibility index (Phi) is 4.98. The Balaban J connectivity index is 1.46. The monoisotopic (exact) mass is 360 g/mol. The van der Waals surface area contributed by atoms with E-state index < -0.39 is 10.0 Å². The van der Waals surface area contributed by atoms with Gasteiger partial charge in [-0.05, 0) is 68.2 Å². The second-order valence-corrected chi connectivity index (χ2v) is 9.44. The number of fused-ring (bicyclic) bond motifs is 1. The van der Waals surface area contributed by atoms with Gasteiger partial charge in [-0.3, -0.25) is 4.90 Å². The Labute approximate surface area is 151 Å². The molecule has 1 atom stereocenters. The van der Waals surface area contributed by atoms with Crippen molar-refractivity contribution in [1.29, 1.82) is 0 Å². The smallest absolute Gasteiger partial charge is 0.243 e. The Morgan fingerprint density at radius 3 is 2.40 bits per heavy atom. The van der Waals surface area contributed by atoms with Crippen molar-refractivity contribution < 1.29 is 8.42 Å². The number of benzene rings is 1. The van der Waals surface area contributed by atoms with Crippen molar-refractivity contribution >= 4 is 10.0 Å². The molecule has 0 saturated carbocycles. The average molecular weight is 361 g/mol. The summed E-state index contributed by atoms with van der Waals surface area (Å²) in [7, 11) is -3.36. The zero-order chi connectivity index (χ0) is 17.3. The number of piperazine rings is 1. The number of rotatable bonds is 3. The third kappa shape index (κ3) is 3.55. The maximum absolute atomic E-state index is 13.0. The molecule has 25 heavy (non-hydrogen) atoms. The Hall–Kier alpha value is -1.17. The summed E-state index contributed by atoms with van der Waals surface area (Å²) >= 11 is 0. The van der Waals surface area contributed by atoms with E-state index in [1.807, 2.05) is 18.2 Å². The molecule has 0 aromatic heterocycles. The minimum atomic E-state index is -3.36. The first kappa shape index (κ1) is 17.3. The van der Waals surface area contributed by atoms with Gasteiger partial charge in [-0.15, -0.1) is 0 Å². The van der Waals surface area contributed by atoms with E-state index in [0.717, 1.165) is 25.9 Å². The first-order valence-corrected chi connectivity index (χ1v) is 11.1. The van der Waals surface area contributed by atoms with Crippen molar-refractivity contribution in [2.75, 3.05) is 26.2 Å². The number of aryl methyl sites for hydroxylation is 2. The molecule has 0 radical (unpaired) electrons. The van der Waals surface area contributed by atoms with Gasteiger partial charge in [0.05, 0.1) is 4.90 Å². The van der Waals surface area contributed by atoms with Gasteiger partial charge < -0.3 is 0 Å². The third-order valence-electron chi connectivity index (χ3n) is 5.93. The van der Waals surface area contributed by atoms with Gasteiger partial charge in [0, 0.05) is 32.2 Å². The van der Waals surface area contributed by atoms with E-state index >= 15 is 0 Å². The predicted molar refractivity (Wildman–Crippen MR) is 100 cm³/mol. The number of hydrogen-bond acceptors (Lipinski definition) is 3. The summed E-state index contributed by atoms with van der Waals surface area (Å²) in [6, 6.07) is 6.28. The first-order valence-electron chi connectivity index (χ1n) is 9.67. The molecular weight excluding hydrogens is 332 g/mol. The van der Waals surface area contributed by atoms with Crippen LogP contribution in [0.1, 0.15) is 43.2 Å². The van der Waals surface area contributed by atoms with Gasteiger partial charge in [-0.2, -0.15) is 4.31 Å². The van der Waals surface area contributed by atoms with Crippen LogP contribution in [0.4, 0.5) is 0 Å². The van der Waals surface area contributed by atoms with Crippen LogP contribution >= 0.6 is 0 Å². The molecule has 3 aliphatic rings. The lowest BCUT2D eigenvalue weighted by Crippen LogP contribution is -2.51. The van der Waals surface area contributed by atoms with Crippen LogP contribution in [0.25, 0.3) is 0 Å². The molecule has 1 fully saturated rings. The first-order chi connectivity index (χ1) is 12.1. The summed E-state index contributed by atoms with van der Waals surface area (Å²) < 4.78 is 27.8. The fourth-order valence-electron chi connectivity index (χ4n) is 4.39. The highest BCUT2D eigenvalue weighted by Crippen LogP contribution is 2.27. The quantitative estimate of drug-likeness (QED) is 0.778. The van der Waals surface area contributed by atoms with Crippen molar-refractivity contribution in [2.24, 2.45) is 0 Å². The summed E-state index contributed by atoms with van der Waals surface area (Å²) in [5.41, 5.74) is 2.57. The van der Waals surface area contributed by atoms with E-state index in [1.54, 1.807) is 4.31 Å². The van der Waals surface area contributed by atoms with Crippen LogP contribution in [-0.4, -0.2) is 49.8 Å². The highest BCUT2D eigenvalue weighted by molar-refractivity contribution is 7.89. The second-order valence-electron chi connectivity index (χ2n) is 7.50. The second kappa shape index (κ2) is 7.22. The van der Waals surface area contributed by atoms with Crippen molar-refractivity contribution in [3.05, 3.63) is 41.5 Å². The largest absolute Gasteiger partial charge is 0.294 e. The van der Waals surface area contributed by atoms with Crippen molar-refractivity contribution in [2.45, 2.75) is 55.9 Å². The number of allylic oxidation sites excluding steroid dienone is 1. The lowest BCUT2D eigenvalue weighted by Gasteiger charge is -2.38. The molecule has 4 nitrogen and oxygen atoms in total. The van der Waals surface area contributed by atoms with E-state index in [0.29, 0.717) is 24.0 Å². The van der Waals surface area contributed by atoms with Crippen LogP contribution in [0.3, 0.4) is 0 Å². The van der Waals surface area contributed by atoms with Gasteiger partial charge in [0.15, 0.2) is 0 Å². The lowest BCUT2D eigenvalue weighted by atomic mass is 9.92. The molecule has 0 spiro atoms. The summed E-state index contributed by atoms with van der Waals surface area (Å²) in [5.74, 6) is 0. The number of hydrogen-bond donors (Lipinski definition) is 0. The topological polar surface area (TPSA) is 40.6 Å². The summed E-state index contributed by atoms with van der Waals surface area (Å²) in [6.45, 7) is 2.87. The Morgan fingerprint density at radius 2 is 1.68 bits per heavy atom. The molecule has 2 aliphatic carbocycles. The van der Waals surface area contributed by atoms with E-state index in [-0.39, 0.29) is 0 Å². The van der Waals surface area contributed by atoms with Gasteiger partial charge in [0.25, 0.3) is 0 Å². The van der Waals surface area contributed by atoms with Crippen molar-refractivity contribution in [1.82, 2.24) is 9.21 Å². The highest BCUT2D eigenvalue weighted by atomic mass is 32.2. The van der Waals surface area contributed by atoms with E-state index in [2.05, 4.69) is 17.1 Å². The maximum atomic E-state index is 13.0. The van der Waals surface area contributed by atoms with Crippen LogP contribution in [0.2, 0.25) is 0 Å². The van der Waals surface area contributed by atoms with Crippen molar-refractivity contribution in [3.8, 4) is 0 Å². The maximum Gasteiger partial charge on any atom is 0.243 e. The van der Waals surface area contributed by atoms with Gasteiger partial charge >= 0.3 is 0 Å². The molecule has 1 aliphatic heterocycles. The Bertz CT molecular complexity index is 749. The average Bonchev–Trinajstić information content (AvgIpc) is 2.68. The third-order valence-corrected chi connectivity index (χ3v) is 7.82. The van der Waals surface area contributed by atoms with Gasteiger partial charge in [-0.1, -0.05) is 18.2 Å². The van der Waals surface area contributed by atoms with E-state index in [1.165, 1.54) is 43.2 Å². The Morgan fingerprint density at radius 1 is 0.920 bits per heavy atom. The van der Waals surface area contributed by atoms with Gasteiger partial charge in [-0.25, -0.2) is 8.42 Å². The van der Waals surface area contributed by atoms with Crippen LogP contribution in [0.15, 0.2) is 35.2 Å². The molecule has 4 rings (SSSR count). The lowest BCUT2D eigenvalue weighted by molar-refractivity contribution is 0.150. The normalized spacial score (nSPS) is 25.7. The highest BCUT2D eigenvalue weighted by Gasteiger charge is 2.31. The number of sulfonamides is 1. The van der Waals surface area contributed by atoms with Gasteiger partial charge in [0.1, 0.15) is 0 Å². The molecule has 136 valence electrons. The minimum Gasteiger partial charge on any atom is -0.294 e. The zero-order valence-corrected chi connectivity index (χ0v) is 15.7.